The van der Waals surface area contributed by atoms with Gasteiger partial charge in [-0.05, 0) is 42.5 Å². The molecule has 152 valence electrons. The third-order valence-corrected chi connectivity index (χ3v) is 5.35. The average Bonchev–Trinajstić information content (AvgIpc) is 3.23. The zero-order chi connectivity index (χ0) is 21.1. The molecule has 0 spiro atoms. The van der Waals surface area contributed by atoms with Crippen molar-refractivity contribution in [1.29, 1.82) is 0 Å². The van der Waals surface area contributed by atoms with Gasteiger partial charge in [0.15, 0.2) is 17.9 Å². The number of hydrogen-bond donors (Lipinski definition) is 0. The Kier molecular flexibility index (Phi) is 5.77. The Morgan fingerprint density at radius 3 is 2.80 bits per heavy atom. The summed E-state index contributed by atoms with van der Waals surface area (Å²) in [5.41, 5.74) is 1.87. The van der Waals surface area contributed by atoms with E-state index in [9.17, 15) is 14.0 Å². The summed E-state index contributed by atoms with van der Waals surface area (Å²) in [6.45, 7) is 1.12. The smallest absolute Gasteiger partial charge is 0.250 e. The average molecular weight is 425 g/mol. The minimum atomic E-state index is -0.507. The van der Waals surface area contributed by atoms with E-state index in [-0.39, 0.29) is 17.8 Å². The van der Waals surface area contributed by atoms with Crippen molar-refractivity contribution in [2.24, 2.45) is 0 Å². The van der Waals surface area contributed by atoms with Crippen LogP contribution in [0.5, 0.6) is 5.88 Å². The Morgan fingerprint density at radius 2 is 2.03 bits per heavy atom. The number of pyridine rings is 1. The topological polar surface area (TPSA) is 59.5 Å². The van der Waals surface area contributed by atoms with Gasteiger partial charge in [0, 0.05) is 41.5 Å². The molecule has 7 heteroatoms. The zero-order valence-corrected chi connectivity index (χ0v) is 16.7. The maximum absolute atomic E-state index is 13.8. The molecule has 1 aromatic heterocycles. The normalized spacial score (nSPS) is 15.8. The van der Waals surface area contributed by atoms with Crippen LogP contribution in [0.2, 0.25) is 5.02 Å². The first-order valence-electron chi connectivity index (χ1n) is 9.47. The Balaban J connectivity index is 1.53. The van der Waals surface area contributed by atoms with Crippen LogP contribution in [0.3, 0.4) is 0 Å². The van der Waals surface area contributed by atoms with Crippen LogP contribution in [0.1, 0.15) is 32.7 Å². The van der Waals surface area contributed by atoms with E-state index in [0.29, 0.717) is 46.9 Å². The highest BCUT2D eigenvalue weighted by atomic mass is 35.5. The van der Waals surface area contributed by atoms with Gasteiger partial charge < -0.3 is 9.64 Å². The van der Waals surface area contributed by atoms with Crippen molar-refractivity contribution in [1.82, 2.24) is 4.98 Å². The van der Waals surface area contributed by atoms with Gasteiger partial charge in [0.25, 0.3) is 5.88 Å². The minimum Gasteiger partial charge on any atom is -0.470 e. The number of ether oxygens (including phenoxy) is 1. The first kappa shape index (κ1) is 20.0. The molecule has 0 aliphatic carbocycles. The molecule has 0 N–H and O–H groups in total. The standard InChI is InChI=1S/C23H18ClFN2O3/c24-19-5-2-1-4-18(19)22(29)15-7-8-21(16(12-15)14-28)27-11-9-17(13-27)30-23-20(25)6-3-10-26-23/h1-8,10,12,14,17H,9,11,13H2/t17-/m0/s1. The molecule has 1 fully saturated rings. The maximum Gasteiger partial charge on any atom is 0.250 e. The van der Waals surface area contributed by atoms with E-state index in [2.05, 4.69) is 4.98 Å². The van der Waals surface area contributed by atoms with Crippen molar-refractivity contribution in [3.8, 4) is 5.88 Å². The second kappa shape index (κ2) is 8.63. The number of nitrogens with zero attached hydrogens (tertiary/aromatic N) is 2. The van der Waals surface area contributed by atoms with Gasteiger partial charge in [-0.15, -0.1) is 0 Å². The van der Waals surface area contributed by atoms with Gasteiger partial charge in [0.2, 0.25) is 0 Å². The molecule has 5 nitrogen and oxygen atoms in total. The van der Waals surface area contributed by atoms with E-state index in [1.54, 1.807) is 42.5 Å². The fraction of sp³-hybridized carbons (Fsp3) is 0.174. The third-order valence-electron chi connectivity index (χ3n) is 5.02. The lowest BCUT2D eigenvalue weighted by Crippen LogP contribution is -2.26. The van der Waals surface area contributed by atoms with E-state index in [4.69, 9.17) is 16.3 Å². The highest BCUT2D eigenvalue weighted by Crippen LogP contribution is 2.28. The van der Waals surface area contributed by atoms with Gasteiger partial charge in [-0.2, -0.15) is 0 Å². The molecule has 30 heavy (non-hydrogen) atoms. The third kappa shape index (κ3) is 4.04. The van der Waals surface area contributed by atoms with Crippen LogP contribution in [0, 0.1) is 5.82 Å². The summed E-state index contributed by atoms with van der Waals surface area (Å²) < 4.78 is 19.5. The summed E-state index contributed by atoms with van der Waals surface area (Å²) in [5.74, 6) is -0.781. The second-order valence-electron chi connectivity index (χ2n) is 6.97. The summed E-state index contributed by atoms with van der Waals surface area (Å²) in [6, 6.07) is 14.6. The van der Waals surface area contributed by atoms with E-state index in [1.165, 1.54) is 18.3 Å². The highest BCUT2D eigenvalue weighted by molar-refractivity contribution is 6.35. The first-order valence-corrected chi connectivity index (χ1v) is 9.85. The van der Waals surface area contributed by atoms with Gasteiger partial charge in [-0.25, -0.2) is 9.37 Å². The predicted molar refractivity (Wildman–Crippen MR) is 112 cm³/mol. The molecule has 2 aromatic carbocycles. The number of carbonyl (C=O) groups excluding carboxylic acids is 2. The maximum atomic E-state index is 13.8. The number of carbonyl (C=O) groups is 2. The molecule has 4 rings (SSSR count). The molecule has 1 atom stereocenters. The molecule has 3 aromatic rings. The lowest BCUT2D eigenvalue weighted by atomic mass is 10.0. The minimum absolute atomic E-state index is 0.0272. The van der Waals surface area contributed by atoms with E-state index in [0.717, 1.165) is 6.29 Å². The van der Waals surface area contributed by atoms with E-state index >= 15 is 0 Å². The van der Waals surface area contributed by atoms with E-state index < -0.39 is 5.82 Å². The van der Waals surface area contributed by atoms with Gasteiger partial charge in [0.05, 0.1) is 11.6 Å². The van der Waals surface area contributed by atoms with Gasteiger partial charge in [-0.3, -0.25) is 9.59 Å². The highest BCUT2D eigenvalue weighted by Gasteiger charge is 2.27. The van der Waals surface area contributed by atoms with Crippen molar-refractivity contribution >= 4 is 29.4 Å². The van der Waals surface area contributed by atoms with E-state index in [1.807, 2.05) is 4.90 Å². The monoisotopic (exact) mass is 424 g/mol. The number of ketones is 1. The zero-order valence-electron chi connectivity index (χ0n) is 15.9. The molecule has 2 heterocycles. The van der Waals surface area contributed by atoms with Crippen LogP contribution < -0.4 is 9.64 Å². The lowest BCUT2D eigenvalue weighted by molar-refractivity contribution is 0.103. The Hall–Kier alpha value is -3.25. The van der Waals surface area contributed by atoms with Crippen molar-refractivity contribution in [2.75, 3.05) is 18.0 Å². The molecular formula is C23H18ClFN2O3. The Labute approximate surface area is 178 Å². The number of aromatic nitrogens is 1. The Bertz CT molecular complexity index is 1110. The van der Waals surface area contributed by atoms with Crippen molar-refractivity contribution in [2.45, 2.75) is 12.5 Å². The van der Waals surface area contributed by atoms with Crippen molar-refractivity contribution in [3.05, 3.63) is 88.3 Å². The lowest BCUT2D eigenvalue weighted by Gasteiger charge is -2.21. The van der Waals surface area contributed by atoms with Gasteiger partial charge >= 0.3 is 0 Å². The Morgan fingerprint density at radius 1 is 1.20 bits per heavy atom. The van der Waals surface area contributed by atoms with Crippen LogP contribution in [0.15, 0.2) is 60.8 Å². The predicted octanol–water partition coefficient (Wildman–Crippen LogP) is 4.58. The fourth-order valence-corrected chi connectivity index (χ4v) is 3.76. The SMILES string of the molecule is O=Cc1cc(C(=O)c2ccccc2Cl)ccc1N1CC[C@H](Oc2ncccc2F)C1. The number of aldehydes is 1. The summed E-state index contributed by atoms with van der Waals surface area (Å²) in [5, 5.41) is 0.362. The van der Waals surface area contributed by atoms with Crippen LogP contribution >= 0.6 is 11.6 Å². The second-order valence-corrected chi connectivity index (χ2v) is 7.37. The molecule has 1 saturated heterocycles. The fourth-order valence-electron chi connectivity index (χ4n) is 3.54. The largest absolute Gasteiger partial charge is 0.470 e. The van der Waals surface area contributed by atoms with Crippen LogP contribution in [0.25, 0.3) is 0 Å². The molecule has 1 aliphatic rings. The summed E-state index contributed by atoms with van der Waals surface area (Å²) in [6.07, 6.45) is 2.61. The molecule has 0 amide bonds. The number of benzene rings is 2. The van der Waals surface area contributed by atoms with Gasteiger partial charge in [-0.1, -0.05) is 23.7 Å². The molecule has 0 unspecified atom stereocenters. The summed E-state index contributed by atoms with van der Waals surface area (Å²) in [4.78, 5) is 30.4. The van der Waals surface area contributed by atoms with Crippen LogP contribution in [-0.2, 0) is 0 Å². The quantitative estimate of drug-likeness (QED) is 0.428. The van der Waals surface area contributed by atoms with Crippen molar-refractivity contribution in [3.63, 3.8) is 0 Å². The number of rotatable bonds is 6. The number of anilines is 1. The van der Waals surface area contributed by atoms with Crippen molar-refractivity contribution < 1.29 is 18.7 Å². The summed E-state index contributed by atoms with van der Waals surface area (Å²) >= 11 is 6.13. The molecule has 0 saturated carbocycles. The van der Waals surface area contributed by atoms with Crippen LogP contribution in [0.4, 0.5) is 10.1 Å². The number of halogens is 2. The molecule has 1 aliphatic heterocycles. The molecule has 0 bridgehead atoms. The molecule has 0 radical (unpaired) electrons. The van der Waals surface area contributed by atoms with Crippen LogP contribution in [-0.4, -0.2) is 36.2 Å². The molecular weight excluding hydrogens is 407 g/mol. The first-order chi connectivity index (χ1) is 14.6. The summed E-state index contributed by atoms with van der Waals surface area (Å²) in [7, 11) is 0. The number of hydrogen-bond acceptors (Lipinski definition) is 5. The van der Waals surface area contributed by atoms with Gasteiger partial charge in [0.1, 0.15) is 6.10 Å².